The smallest absolute Gasteiger partial charge is 0.251 e. The van der Waals surface area contributed by atoms with Gasteiger partial charge in [-0.05, 0) is 66.4 Å². The predicted molar refractivity (Wildman–Crippen MR) is 126 cm³/mol. The molecule has 156 valence electrons. The molecule has 0 aliphatic heterocycles. The second-order valence-corrected chi connectivity index (χ2v) is 7.77. The summed E-state index contributed by atoms with van der Waals surface area (Å²) in [6.45, 7) is 4.71. The van der Waals surface area contributed by atoms with E-state index in [9.17, 15) is 4.79 Å². The summed E-state index contributed by atoms with van der Waals surface area (Å²) in [4.78, 5) is 16.8. The van der Waals surface area contributed by atoms with Crippen LogP contribution in [0.3, 0.4) is 0 Å². The van der Waals surface area contributed by atoms with Gasteiger partial charge in [0.15, 0.2) is 0 Å². The van der Waals surface area contributed by atoms with Crippen molar-refractivity contribution in [3.8, 4) is 22.6 Å². The number of benzene rings is 3. The number of pyridine rings is 1. The van der Waals surface area contributed by atoms with E-state index in [-0.39, 0.29) is 5.91 Å². The van der Waals surface area contributed by atoms with Gasteiger partial charge in [-0.25, -0.2) is 0 Å². The van der Waals surface area contributed by atoms with Crippen molar-refractivity contribution < 1.29 is 9.53 Å². The van der Waals surface area contributed by atoms with Crippen molar-refractivity contribution in [2.75, 3.05) is 6.54 Å². The van der Waals surface area contributed by atoms with E-state index in [1.807, 2.05) is 74.6 Å². The second-order valence-electron chi connectivity index (χ2n) is 7.37. The summed E-state index contributed by atoms with van der Waals surface area (Å²) in [5.41, 5.74) is 4.50. The Bertz CT molecular complexity index is 1250. The van der Waals surface area contributed by atoms with Crippen LogP contribution < -0.4 is 10.1 Å². The highest BCUT2D eigenvalue weighted by Crippen LogP contribution is 2.35. The van der Waals surface area contributed by atoms with Crippen molar-refractivity contribution >= 4 is 28.4 Å². The molecule has 0 bridgehead atoms. The van der Waals surface area contributed by atoms with Gasteiger partial charge in [-0.1, -0.05) is 48.9 Å². The standard InChI is InChI=1S/C26H23ClN2O2/c1-3-13-28-26(30)19-8-5-10-21(15-19)31-20-9-4-7-18(14-20)24-17(2)16-29-25-22(24)11-6-12-23(25)27/h4-12,14-16H,3,13H2,1-2H3,(H,28,30). The van der Waals surface area contributed by atoms with Crippen LogP contribution in [0.1, 0.15) is 29.3 Å². The topological polar surface area (TPSA) is 51.2 Å². The molecule has 4 aromatic rings. The molecule has 1 aromatic heterocycles. The Morgan fingerprint density at radius 2 is 1.77 bits per heavy atom. The number of carbonyl (C=O) groups is 1. The number of nitrogens with zero attached hydrogens (tertiary/aromatic N) is 1. The van der Waals surface area contributed by atoms with Crippen LogP contribution in [0.25, 0.3) is 22.0 Å². The van der Waals surface area contributed by atoms with E-state index in [1.165, 1.54) is 0 Å². The molecule has 3 aromatic carbocycles. The van der Waals surface area contributed by atoms with Crippen LogP contribution in [-0.4, -0.2) is 17.4 Å². The summed E-state index contributed by atoms with van der Waals surface area (Å²) in [5.74, 6) is 1.20. The molecule has 0 unspecified atom stereocenters. The van der Waals surface area contributed by atoms with Gasteiger partial charge < -0.3 is 10.1 Å². The molecule has 0 saturated carbocycles. The lowest BCUT2D eigenvalue weighted by molar-refractivity contribution is 0.0953. The maximum Gasteiger partial charge on any atom is 0.251 e. The van der Waals surface area contributed by atoms with Crippen molar-refractivity contribution in [2.24, 2.45) is 0 Å². The largest absolute Gasteiger partial charge is 0.457 e. The number of para-hydroxylation sites is 1. The van der Waals surface area contributed by atoms with E-state index in [4.69, 9.17) is 16.3 Å². The molecule has 4 rings (SSSR count). The number of nitrogens with one attached hydrogen (secondary N) is 1. The number of aryl methyl sites for hydroxylation is 1. The van der Waals surface area contributed by atoms with Crippen LogP contribution in [0, 0.1) is 6.92 Å². The van der Waals surface area contributed by atoms with Gasteiger partial charge >= 0.3 is 0 Å². The quantitative estimate of drug-likeness (QED) is 0.366. The van der Waals surface area contributed by atoms with E-state index >= 15 is 0 Å². The third kappa shape index (κ3) is 4.54. The van der Waals surface area contributed by atoms with Gasteiger partial charge in [0, 0.05) is 23.7 Å². The first kappa shape index (κ1) is 20.9. The third-order valence-electron chi connectivity index (χ3n) is 5.03. The van der Waals surface area contributed by atoms with Gasteiger partial charge in [0.25, 0.3) is 5.91 Å². The maximum atomic E-state index is 12.3. The molecule has 0 aliphatic rings. The minimum Gasteiger partial charge on any atom is -0.457 e. The molecule has 0 saturated heterocycles. The van der Waals surface area contributed by atoms with Crippen molar-refractivity contribution in [3.63, 3.8) is 0 Å². The molecule has 0 radical (unpaired) electrons. The van der Waals surface area contributed by atoms with E-state index in [1.54, 1.807) is 12.1 Å². The minimum atomic E-state index is -0.100. The first-order valence-corrected chi connectivity index (χ1v) is 10.6. The maximum absolute atomic E-state index is 12.3. The Morgan fingerprint density at radius 1 is 1.03 bits per heavy atom. The Hall–Kier alpha value is -3.37. The van der Waals surface area contributed by atoms with Crippen molar-refractivity contribution in [2.45, 2.75) is 20.3 Å². The van der Waals surface area contributed by atoms with E-state index in [0.29, 0.717) is 28.6 Å². The SMILES string of the molecule is CCCNC(=O)c1cccc(Oc2cccc(-c3c(C)cnc4c(Cl)cccc34)c2)c1. The van der Waals surface area contributed by atoms with Crippen LogP contribution in [0.2, 0.25) is 5.02 Å². The first-order chi connectivity index (χ1) is 15.1. The average Bonchev–Trinajstić information content (AvgIpc) is 2.78. The van der Waals surface area contributed by atoms with Crippen molar-refractivity contribution in [3.05, 3.63) is 89.1 Å². The number of aromatic nitrogens is 1. The third-order valence-corrected chi connectivity index (χ3v) is 5.33. The zero-order valence-electron chi connectivity index (χ0n) is 17.5. The number of carbonyl (C=O) groups excluding carboxylic acids is 1. The summed E-state index contributed by atoms with van der Waals surface area (Å²) in [6.07, 6.45) is 2.73. The molecule has 5 heteroatoms. The summed E-state index contributed by atoms with van der Waals surface area (Å²) < 4.78 is 6.09. The first-order valence-electron chi connectivity index (χ1n) is 10.3. The van der Waals surface area contributed by atoms with Crippen molar-refractivity contribution in [1.29, 1.82) is 0 Å². The molecule has 31 heavy (non-hydrogen) atoms. The molecule has 0 fully saturated rings. The molecule has 0 atom stereocenters. The number of hydrogen-bond acceptors (Lipinski definition) is 3. The fourth-order valence-corrected chi connectivity index (χ4v) is 3.79. The number of fused-ring (bicyclic) bond motifs is 1. The number of amides is 1. The van der Waals surface area contributed by atoms with Gasteiger partial charge in [0.05, 0.1) is 10.5 Å². The molecule has 1 amide bonds. The highest BCUT2D eigenvalue weighted by atomic mass is 35.5. The highest BCUT2D eigenvalue weighted by Gasteiger charge is 2.12. The van der Waals surface area contributed by atoms with Crippen LogP contribution in [0.4, 0.5) is 0 Å². The Balaban J connectivity index is 1.67. The fraction of sp³-hybridized carbons (Fsp3) is 0.154. The molecule has 1 N–H and O–H groups in total. The predicted octanol–water partition coefficient (Wildman–Crippen LogP) is 6.80. The van der Waals surface area contributed by atoms with Gasteiger partial charge in [0.2, 0.25) is 0 Å². The summed E-state index contributed by atoms with van der Waals surface area (Å²) >= 11 is 6.36. The minimum absolute atomic E-state index is 0.100. The molecular weight excluding hydrogens is 408 g/mol. The van der Waals surface area contributed by atoms with Crippen molar-refractivity contribution in [1.82, 2.24) is 10.3 Å². The highest BCUT2D eigenvalue weighted by molar-refractivity contribution is 6.35. The summed E-state index contributed by atoms with van der Waals surface area (Å²) in [7, 11) is 0. The Morgan fingerprint density at radius 3 is 2.58 bits per heavy atom. The number of hydrogen-bond donors (Lipinski definition) is 1. The van der Waals surface area contributed by atoms with E-state index in [2.05, 4.69) is 10.3 Å². The zero-order chi connectivity index (χ0) is 21.8. The number of rotatable bonds is 6. The van der Waals surface area contributed by atoms with E-state index in [0.717, 1.165) is 34.0 Å². The van der Waals surface area contributed by atoms with Crippen LogP contribution in [0.5, 0.6) is 11.5 Å². The molecule has 0 aliphatic carbocycles. The number of halogens is 1. The average molecular weight is 431 g/mol. The second kappa shape index (κ2) is 9.19. The Kier molecular flexibility index (Phi) is 6.19. The molecule has 0 spiro atoms. The molecule has 4 nitrogen and oxygen atoms in total. The monoisotopic (exact) mass is 430 g/mol. The Labute approximate surface area is 186 Å². The van der Waals surface area contributed by atoms with Gasteiger partial charge in [-0.15, -0.1) is 0 Å². The normalized spacial score (nSPS) is 10.8. The molecule has 1 heterocycles. The van der Waals surface area contributed by atoms with Gasteiger partial charge in [-0.3, -0.25) is 9.78 Å². The number of ether oxygens (including phenoxy) is 1. The fourth-order valence-electron chi connectivity index (χ4n) is 3.56. The van der Waals surface area contributed by atoms with Gasteiger partial charge in [0.1, 0.15) is 11.5 Å². The molecular formula is C26H23ClN2O2. The van der Waals surface area contributed by atoms with E-state index < -0.39 is 0 Å². The van der Waals surface area contributed by atoms with Gasteiger partial charge in [-0.2, -0.15) is 0 Å². The lowest BCUT2D eigenvalue weighted by Crippen LogP contribution is -2.23. The van der Waals surface area contributed by atoms with Crippen LogP contribution in [-0.2, 0) is 0 Å². The zero-order valence-corrected chi connectivity index (χ0v) is 18.2. The summed E-state index contributed by atoms with van der Waals surface area (Å²) in [5, 5.41) is 4.52. The lowest BCUT2D eigenvalue weighted by Gasteiger charge is -2.13. The summed E-state index contributed by atoms with van der Waals surface area (Å²) in [6, 6.07) is 20.9. The lowest BCUT2D eigenvalue weighted by atomic mass is 9.97. The van der Waals surface area contributed by atoms with Crippen LogP contribution in [0.15, 0.2) is 72.9 Å². The van der Waals surface area contributed by atoms with Crippen LogP contribution >= 0.6 is 11.6 Å².